The van der Waals surface area contributed by atoms with Crippen LogP contribution in [0.3, 0.4) is 0 Å². The quantitative estimate of drug-likeness (QED) is 0.595. The van der Waals surface area contributed by atoms with Gasteiger partial charge in [-0.25, -0.2) is 0 Å². The summed E-state index contributed by atoms with van der Waals surface area (Å²) in [7, 11) is 3.65. The molecule has 0 radical (unpaired) electrons. The lowest BCUT2D eigenvalue weighted by Crippen LogP contribution is -2.46. The van der Waals surface area contributed by atoms with Crippen molar-refractivity contribution in [1.82, 2.24) is 15.5 Å². The Labute approximate surface area is 145 Å². The minimum Gasteiger partial charge on any atom is -0.357 e. The normalized spacial score (nSPS) is 26.0. The zero-order valence-corrected chi connectivity index (χ0v) is 15.3. The van der Waals surface area contributed by atoms with E-state index in [1.807, 2.05) is 21.0 Å². The second kappa shape index (κ2) is 8.36. The van der Waals surface area contributed by atoms with Crippen LogP contribution in [0.1, 0.15) is 51.9 Å². The molecular formula is C18H31N5O. The van der Waals surface area contributed by atoms with E-state index in [4.69, 9.17) is 4.99 Å². The van der Waals surface area contributed by atoms with Crippen LogP contribution < -0.4 is 10.6 Å². The summed E-state index contributed by atoms with van der Waals surface area (Å²) in [6.07, 6.45) is 7.06. The van der Waals surface area contributed by atoms with E-state index >= 15 is 0 Å². The minimum absolute atomic E-state index is 0.0534. The van der Waals surface area contributed by atoms with Crippen LogP contribution in [0.25, 0.3) is 0 Å². The molecule has 0 bridgehead atoms. The molecule has 2 fully saturated rings. The van der Waals surface area contributed by atoms with Crippen molar-refractivity contribution in [2.24, 2.45) is 16.3 Å². The summed E-state index contributed by atoms with van der Waals surface area (Å²) in [5.74, 6) is 0.982. The lowest BCUT2D eigenvalue weighted by atomic mass is 9.85. The molecule has 24 heavy (non-hydrogen) atoms. The van der Waals surface area contributed by atoms with Crippen molar-refractivity contribution in [3.63, 3.8) is 0 Å². The summed E-state index contributed by atoms with van der Waals surface area (Å²) in [4.78, 5) is 19.1. The van der Waals surface area contributed by atoms with E-state index in [0.29, 0.717) is 6.54 Å². The first-order valence-corrected chi connectivity index (χ1v) is 9.18. The fourth-order valence-electron chi connectivity index (χ4n) is 3.98. The van der Waals surface area contributed by atoms with Crippen LogP contribution in [0.4, 0.5) is 0 Å². The first kappa shape index (κ1) is 18.6. The van der Waals surface area contributed by atoms with Gasteiger partial charge in [-0.15, -0.1) is 0 Å². The van der Waals surface area contributed by atoms with Gasteiger partial charge in [-0.1, -0.05) is 12.8 Å². The summed E-state index contributed by atoms with van der Waals surface area (Å²) in [6, 6.07) is 2.56. The third kappa shape index (κ3) is 4.19. The molecule has 134 valence electrons. The average molecular weight is 333 g/mol. The number of hydrogen-bond donors (Lipinski definition) is 2. The first-order valence-electron chi connectivity index (χ1n) is 9.18. The van der Waals surface area contributed by atoms with Crippen LogP contribution in [-0.2, 0) is 4.79 Å². The van der Waals surface area contributed by atoms with E-state index in [1.54, 1.807) is 4.90 Å². The zero-order chi connectivity index (χ0) is 17.6. The van der Waals surface area contributed by atoms with Crippen molar-refractivity contribution in [2.45, 2.75) is 57.9 Å². The van der Waals surface area contributed by atoms with E-state index < -0.39 is 0 Å². The van der Waals surface area contributed by atoms with E-state index in [-0.39, 0.29) is 23.3 Å². The molecule has 0 aromatic heterocycles. The van der Waals surface area contributed by atoms with Gasteiger partial charge in [-0.2, -0.15) is 5.26 Å². The molecule has 1 amide bonds. The van der Waals surface area contributed by atoms with Crippen LogP contribution in [0, 0.1) is 22.7 Å². The van der Waals surface area contributed by atoms with Crippen LogP contribution in [0.2, 0.25) is 0 Å². The van der Waals surface area contributed by atoms with Gasteiger partial charge in [0, 0.05) is 26.7 Å². The molecule has 0 heterocycles. The molecule has 0 aromatic carbocycles. The summed E-state index contributed by atoms with van der Waals surface area (Å²) < 4.78 is 0. The van der Waals surface area contributed by atoms with Gasteiger partial charge in [-0.05, 0) is 39.0 Å². The predicted octanol–water partition coefficient (Wildman–Crippen LogP) is 1.88. The van der Waals surface area contributed by atoms with Gasteiger partial charge >= 0.3 is 0 Å². The van der Waals surface area contributed by atoms with Gasteiger partial charge in [0.2, 0.25) is 5.91 Å². The Morgan fingerprint density at radius 3 is 2.58 bits per heavy atom. The van der Waals surface area contributed by atoms with Gasteiger partial charge < -0.3 is 15.5 Å². The molecule has 0 aromatic rings. The molecule has 0 aliphatic heterocycles. The van der Waals surface area contributed by atoms with E-state index in [0.717, 1.165) is 57.5 Å². The lowest BCUT2D eigenvalue weighted by molar-refractivity contribution is -0.138. The van der Waals surface area contributed by atoms with Crippen molar-refractivity contribution in [3.8, 4) is 6.07 Å². The summed E-state index contributed by atoms with van der Waals surface area (Å²) in [5, 5.41) is 15.9. The van der Waals surface area contributed by atoms with Gasteiger partial charge in [-0.3, -0.25) is 9.79 Å². The number of nitrogens with one attached hydrogen (secondary N) is 2. The Morgan fingerprint density at radius 1 is 1.29 bits per heavy atom. The van der Waals surface area contributed by atoms with Gasteiger partial charge in [0.25, 0.3) is 0 Å². The predicted molar refractivity (Wildman–Crippen MR) is 95.5 cm³/mol. The Hall–Kier alpha value is -1.77. The fraction of sp³-hybridized carbons (Fsp3) is 0.833. The average Bonchev–Trinajstić information content (AvgIpc) is 3.21. The first-order chi connectivity index (χ1) is 11.5. The van der Waals surface area contributed by atoms with Crippen molar-refractivity contribution < 1.29 is 4.79 Å². The second-order valence-electron chi connectivity index (χ2n) is 7.30. The minimum atomic E-state index is -0.351. The number of amides is 1. The molecule has 0 saturated heterocycles. The number of rotatable bonds is 5. The van der Waals surface area contributed by atoms with E-state index in [2.05, 4.69) is 16.7 Å². The molecule has 2 saturated carbocycles. The van der Waals surface area contributed by atoms with E-state index in [1.165, 1.54) is 0 Å². The van der Waals surface area contributed by atoms with Crippen molar-refractivity contribution >= 4 is 11.9 Å². The second-order valence-corrected chi connectivity index (χ2v) is 7.30. The maximum atomic E-state index is 12.7. The Morgan fingerprint density at radius 2 is 2.00 bits per heavy atom. The standard InChI is InChI=1S/C18H31N5O/c1-4-20-17(22-15-9-7-8-14(15)12-19)21-13-18(10-5-6-11-18)16(24)23(2)3/h14-15H,4-11,13H2,1-3H3,(H2,20,21,22). The monoisotopic (exact) mass is 333 g/mol. The lowest BCUT2D eigenvalue weighted by Gasteiger charge is -2.29. The zero-order valence-electron chi connectivity index (χ0n) is 15.3. The van der Waals surface area contributed by atoms with Crippen molar-refractivity contribution in [1.29, 1.82) is 5.26 Å². The largest absolute Gasteiger partial charge is 0.357 e. The van der Waals surface area contributed by atoms with Gasteiger partial charge in [0.1, 0.15) is 0 Å². The Balaban J connectivity index is 2.08. The number of nitriles is 1. The molecule has 2 rings (SSSR count). The van der Waals surface area contributed by atoms with Crippen LogP contribution in [0.15, 0.2) is 4.99 Å². The number of guanidine groups is 1. The van der Waals surface area contributed by atoms with Gasteiger partial charge in [0.15, 0.2) is 5.96 Å². The number of aliphatic imine (C=N–C) groups is 1. The summed E-state index contributed by atoms with van der Waals surface area (Å²) in [5.41, 5.74) is -0.351. The van der Waals surface area contributed by atoms with Crippen molar-refractivity contribution in [3.05, 3.63) is 0 Å². The number of carbonyl (C=O) groups excluding carboxylic acids is 1. The van der Waals surface area contributed by atoms with Crippen molar-refractivity contribution in [2.75, 3.05) is 27.2 Å². The van der Waals surface area contributed by atoms with Crippen LogP contribution in [0.5, 0.6) is 0 Å². The Kier molecular flexibility index (Phi) is 6.47. The number of carbonyl (C=O) groups is 1. The molecule has 0 spiro atoms. The summed E-state index contributed by atoms with van der Waals surface area (Å²) >= 11 is 0. The molecule has 2 atom stereocenters. The topological polar surface area (TPSA) is 80.5 Å². The molecule has 2 N–H and O–H groups in total. The maximum absolute atomic E-state index is 12.7. The molecule has 2 unspecified atom stereocenters. The molecular weight excluding hydrogens is 302 g/mol. The highest BCUT2D eigenvalue weighted by atomic mass is 16.2. The smallest absolute Gasteiger partial charge is 0.230 e. The molecule has 6 nitrogen and oxygen atoms in total. The molecule has 2 aliphatic carbocycles. The number of hydrogen-bond acceptors (Lipinski definition) is 3. The highest BCUT2D eigenvalue weighted by Crippen LogP contribution is 2.39. The van der Waals surface area contributed by atoms with Crippen LogP contribution >= 0.6 is 0 Å². The SMILES string of the molecule is CCNC(=NCC1(C(=O)N(C)C)CCCC1)NC1CCCC1C#N. The van der Waals surface area contributed by atoms with Gasteiger partial charge in [0.05, 0.1) is 23.9 Å². The highest BCUT2D eigenvalue weighted by Gasteiger charge is 2.42. The maximum Gasteiger partial charge on any atom is 0.230 e. The Bertz CT molecular complexity index is 502. The number of nitrogens with zero attached hydrogens (tertiary/aromatic N) is 3. The third-order valence-corrected chi connectivity index (χ3v) is 5.31. The fourth-order valence-corrected chi connectivity index (χ4v) is 3.98. The molecule has 6 heteroatoms. The highest BCUT2D eigenvalue weighted by molar-refractivity contribution is 5.84. The third-order valence-electron chi connectivity index (χ3n) is 5.31. The van der Waals surface area contributed by atoms with Crippen LogP contribution in [-0.4, -0.2) is 50.0 Å². The van der Waals surface area contributed by atoms with E-state index in [9.17, 15) is 10.1 Å². The molecule has 2 aliphatic rings. The summed E-state index contributed by atoms with van der Waals surface area (Å²) in [6.45, 7) is 3.32.